The van der Waals surface area contributed by atoms with Crippen molar-refractivity contribution in [1.82, 2.24) is 20.0 Å². The zero-order chi connectivity index (χ0) is 13.4. The fourth-order valence-electron chi connectivity index (χ4n) is 3.47. The molecule has 3 saturated heterocycles. The van der Waals surface area contributed by atoms with Crippen molar-refractivity contribution in [3.63, 3.8) is 0 Å². The normalized spacial score (nSPS) is 31.2. The number of amides is 3. The largest absolute Gasteiger partial charge is 0.329 e. The second-order valence-corrected chi connectivity index (χ2v) is 5.89. The van der Waals surface area contributed by atoms with E-state index in [2.05, 4.69) is 22.2 Å². The second-order valence-electron chi connectivity index (χ2n) is 5.89. The van der Waals surface area contributed by atoms with Gasteiger partial charge in [-0.1, -0.05) is 0 Å². The Kier molecular flexibility index (Phi) is 3.45. The number of likely N-dealkylation sites (tertiary alicyclic amines) is 2. The van der Waals surface area contributed by atoms with Crippen LogP contribution in [0.5, 0.6) is 0 Å². The highest BCUT2D eigenvalue weighted by molar-refractivity contribution is 6.02. The maximum atomic E-state index is 11.7. The molecule has 3 rings (SSSR count). The maximum absolute atomic E-state index is 11.7. The molecule has 1 atom stereocenters. The highest BCUT2D eigenvalue weighted by atomic mass is 16.2. The van der Waals surface area contributed by atoms with Gasteiger partial charge in [0.1, 0.15) is 0 Å². The number of hydrogen-bond donors (Lipinski definition) is 1. The Morgan fingerprint density at radius 1 is 1.05 bits per heavy atom. The standard InChI is InChI=1S/C13H22N4O2/c1-15-5-2-10(3-6-15)16-7-4-11(9-16)17-12(18)8-14-13(17)19/h10-11H,2-9H2,1H3,(H,14,19). The Labute approximate surface area is 113 Å². The predicted molar refractivity (Wildman–Crippen MR) is 70.7 cm³/mol. The van der Waals surface area contributed by atoms with Gasteiger partial charge in [0.25, 0.3) is 0 Å². The summed E-state index contributed by atoms with van der Waals surface area (Å²) < 4.78 is 0. The molecule has 3 amide bonds. The number of urea groups is 1. The summed E-state index contributed by atoms with van der Waals surface area (Å²) in [6.45, 7) is 4.33. The Morgan fingerprint density at radius 3 is 2.37 bits per heavy atom. The number of carbonyl (C=O) groups is 2. The van der Waals surface area contributed by atoms with Crippen LogP contribution in [-0.4, -0.2) is 78.5 Å². The van der Waals surface area contributed by atoms with Gasteiger partial charge >= 0.3 is 6.03 Å². The lowest BCUT2D eigenvalue weighted by Crippen LogP contribution is -2.46. The maximum Gasteiger partial charge on any atom is 0.324 e. The molecule has 3 fully saturated rings. The molecular formula is C13H22N4O2. The summed E-state index contributed by atoms with van der Waals surface area (Å²) >= 11 is 0. The number of nitrogens with one attached hydrogen (secondary N) is 1. The van der Waals surface area contributed by atoms with Gasteiger partial charge in [0.15, 0.2) is 0 Å². The fraction of sp³-hybridized carbons (Fsp3) is 0.846. The molecule has 6 nitrogen and oxygen atoms in total. The van der Waals surface area contributed by atoms with E-state index in [-0.39, 0.29) is 24.5 Å². The zero-order valence-corrected chi connectivity index (χ0v) is 11.5. The summed E-state index contributed by atoms with van der Waals surface area (Å²) in [5.74, 6) is -0.0692. The lowest BCUT2D eigenvalue weighted by atomic mass is 10.0. The van der Waals surface area contributed by atoms with Gasteiger partial charge in [0, 0.05) is 19.1 Å². The van der Waals surface area contributed by atoms with Gasteiger partial charge in [-0.15, -0.1) is 0 Å². The third kappa shape index (κ3) is 2.47. The second kappa shape index (κ2) is 5.09. The number of nitrogens with zero attached hydrogens (tertiary/aromatic N) is 3. The Morgan fingerprint density at radius 2 is 1.74 bits per heavy atom. The Hall–Kier alpha value is -1.14. The lowest BCUT2D eigenvalue weighted by Gasteiger charge is -2.35. The molecule has 0 spiro atoms. The van der Waals surface area contributed by atoms with Crippen LogP contribution in [0.1, 0.15) is 19.3 Å². The summed E-state index contributed by atoms with van der Waals surface area (Å²) in [5, 5.41) is 2.61. The van der Waals surface area contributed by atoms with Crippen LogP contribution in [0.15, 0.2) is 0 Å². The fourth-order valence-corrected chi connectivity index (χ4v) is 3.47. The van der Waals surface area contributed by atoms with Crippen LogP contribution in [0, 0.1) is 0 Å². The van der Waals surface area contributed by atoms with Crippen molar-refractivity contribution >= 4 is 11.9 Å². The molecule has 0 aromatic heterocycles. The molecule has 106 valence electrons. The molecule has 0 aromatic rings. The molecule has 3 heterocycles. The van der Waals surface area contributed by atoms with Crippen molar-refractivity contribution in [2.75, 3.05) is 39.8 Å². The average Bonchev–Trinajstić information content (AvgIpc) is 2.98. The summed E-state index contributed by atoms with van der Waals surface area (Å²) in [6.07, 6.45) is 3.32. The van der Waals surface area contributed by atoms with Crippen molar-refractivity contribution in [2.45, 2.75) is 31.3 Å². The summed E-state index contributed by atoms with van der Waals surface area (Å²) in [5.41, 5.74) is 0. The average molecular weight is 266 g/mol. The first kappa shape index (κ1) is 12.9. The molecule has 0 aliphatic carbocycles. The molecule has 19 heavy (non-hydrogen) atoms. The smallest absolute Gasteiger partial charge is 0.324 e. The van der Waals surface area contributed by atoms with Gasteiger partial charge < -0.3 is 10.2 Å². The highest BCUT2D eigenvalue weighted by Crippen LogP contribution is 2.24. The van der Waals surface area contributed by atoms with Crippen molar-refractivity contribution in [1.29, 1.82) is 0 Å². The van der Waals surface area contributed by atoms with Gasteiger partial charge in [-0.05, 0) is 39.4 Å². The molecule has 0 radical (unpaired) electrons. The van der Waals surface area contributed by atoms with Crippen LogP contribution < -0.4 is 5.32 Å². The first-order valence-corrected chi connectivity index (χ1v) is 7.17. The van der Waals surface area contributed by atoms with Crippen LogP contribution in [-0.2, 0) is 4.79 Å². The van der Waals surface area contributed by atoms with Crippen molar-refractivity contribution in [3.05, 3.63) is 0 Å². The molecule has 1 N–H and O–H groups in total. The number of imide groups is 1. The minimum Gasteiger partial charge on any atom is -0.329 e. The molecule has 3 aliphatic heterocycles. The van der Waals surface area contributed by atoms with Crippen molar-refractivity contribution in [2.24, 2.45) is 0 Å². The van der Waals surface area contributed by atoms with E-state index in [0.29, 0.717) is 6.04 Å². The first-order valence-electron chi connectivity index (χ1n) is 7.17. The molecule has 0 aromatic carbocycles. The summed E-state index contributed by atoms with van der Waals surface area (Å²) in [7, 11) is 2.16. The Bertz CT molecular complexity index is 363. The Balaban J connectivity index is 1.58. The summed E-state index contributed by atoms with van der Waals surface area (Å²) in [6, 6.07) is 0.497. The zero-order valence-electron chi connectivity index (χ0n) is 11.5. The first-order chi connectivity index (χ1) is 9.15. The highest BCUT2D eigenvalue weighted by Gasteiger charge is 2.40. The number of hydrogen-bond acceptors (Lipinski definition) is 4. The lowest BCUT2D eigenvalue weighted by molar-refractivity contribution is -0.126. The molecule has 1 unspecified atom stereocenters. The van der Waals surface area contributed by atoms with Crippen LogP contribution in [0.2, 0.25) is 0 Å². The van der Waals surface area contributed by atoms with Gasteiger partial charge in [-0.2, -0.15) is 0 Å². The van der Waals surface area contributed by atoms with Gasteiger partial charge in [0.2, 0.25) is 5.91 Å². The molecule has 3 aliphatic rings. The molecule has 6 heteroatoms. The van der Waals surface area contributed by atoms with Crippen LogP contribution in [0.25, 0.3) is 0 Å². The number of carbonyl (C=O) groups excluding carboxylic acids is 2. The SMILES string of the molecule is CN1CCC(N2CCC(N3C(=O)CNC3=O)C2)CC1. The topological polar surface area (TPSA) is 55.9 Å². The van der Waals surface area contributed by atoms with E-state index in [9.17, 15) is 9.59 Å². The van der Waals surface area contributed by atoms with Crippen molar-refractivity contribution in [3.8, 4) is 0 Å². The predicted octanol–water partition coefficient (Wildman–Crippen LogP) is -0.293. The number of rotatable bonds is 2. The molecule has 0 saturated carbocycles. The van der Waals surface area contributed by atoms with E-state index in [1.807, 2.05) is 0 Å². The monoisotopic (exact) mass is 266 g/mol. The number of piperidine rings is 1. The third-order valence-electron chi connectivity index (χ3n) is 4.64. The van der Waals surface area contributed by atoms with E-state index in [0.717, 1.165) is 32.6 Å². The minimum atomic E-state index is -0.208. The van der Waals surface area contributed by atoms with Crippen LogP contribution in [0.3, 0.4) is 0 Å². The van der Waals surface area contributed by atoms with Gasteiger partial charge in [-0.3, -0.25) is 14.6 Å². The van der Waals surface area contributed by atoms with Gasteiger partial charge in [-0.25, -0.2) is 4.79 Å². The summed E-state index contributed by atoms with van der Waals surface area (Å²) in [4.78, 5) is 29.7. The quantitative estimate of drug-likeness (QED) is 0.698. The van der Waals surface area contributed by atoms with Crippen LogP contribution >= 0.6 is 0 Å². The van der Waals surface area contributed by atoms with Crippen LogP contribution in [0.4, 0.5) is 4.79 Å². The van der Waals surface area contributed by atoms with E-state index < -0.39 is 0 Å². The van der Waals surface area contributed by atoms with Crippen molar-refractivity contribution < 1.29 is 9.59 Å². The van der Waals surface area contributed by atoms with E-state index >= 15 is 0 Å². The third-order valence-corrected chi connectivity index (χ3v) is 4.64. The molecule has 0 bridgehead atoms. The van der Waals surface area contributed by atoms with E-state index in [1.54, 1.807) is 0 Å². The van der Waals surface area contributed by atoms with E-state index in [1.165, 1.54) is 17.7 Å². The molecular weight excluding hydrogens is 244 g/mol. The minimum absolute atomic E-state index is 0.0692. The van der Waals surface area contributed by atoms with E-state index in [4.69, 9.17) is 0 Å². The van der Waals surface area contributed by atoms with Gasteiger partial charge in [0.05, 0.1) is 12.6 Å².